The van der Waals surface area contributed by atoms with Gasteiger partial charge in [0.2, 0.25) is 0 Å². The summed E-state index contributed by atoms with van der Waals surface area (Å²) in [5.41, 5.74) is 1.58. The number of fused-ring (bicyclic) bond motifs is 1. The van der Waals surface area contributed by atoms with E-state index >= 15 is 0 Å². The van der Waals surface area contributed by atoms with E-state index in [1.807, 2.05) is 11.8 Å². The number of hydrogen-bond acceptors (Lipinski definition) is 3. The van der Waals surface area contributed by atoms with Gasteiger partial charge < -0.3 is 10.2 Å². The molecule has 0 saturated carbocycles. The lowest BCUT2D eigenvalue weighted by Gasteiger charge is -2.29. The quantitative estimate of drug-likeness (QED) is 0.915. The van der Waals surface area contributed by atoms with Gasteiger partial charge in [0.05, 0.1) is 0 Å². The van der Waals surface area contributed by atoms with Gasteiger partial charge in [0.15, 0.2) is 0 Å². The Balaban J connectivity index is 1.64. The molecule has 3 atom stereocenters. The molecule has 1 aromatic carbocycles. The van der Waals surface area contributed by atoms with Crippen molar-refractivity contribution in [1.82, 2.24) is 10.2 Å². The summed E-state index contributed by atoms with van der Waals surface area (Å²) in [6.45, 7) is 9.59. The van der Waals surface area contributed by atoms with Crippen molar-refractivity contribution in [3.63, 3.8) is 0 Å². The van der Waals surface area contributed by atoms with Gasteiger partial charge in [-0.15, -0.1) is 11.8 Å². The molecule has 21 heavy (non-hydrogen) atoms. The van der Waals surface area contributed by atoms with E-state index in [4.69, 9.17) is 0 Å². The number of hydrogen-bond donors (Lipinski definition) is 1. The summed E-state index contributed by atoms with van der Waals surface area (Å²) < 4.78 is 0. The molecule has 0 spiro atoms. The van der Waals surface area contributed by atoms with E-state index in [1.54, 1.807) is 5.56 Å². The summed E-state index contributed by atoms with van der Waals surface area (Å²) in [5.74, 6) is 2.76. The highest BCUT2D eigenvalue weighted by atomic mass is 32.2. The normalized spacial score (nSPS) is 28.1. The molecule has 1 saturated heterocycles. The fourth-order valence-electron chi connectivity index (χ4n) is 3.55. The lowest BCUT2D eigenvalue weighted by atomic mass is 9.97. The van der Waals surface area contributed by atoms with Gasteiger partial charge in [0.25, 0.3) is 0 Å². The van der Waals surface area contributed by atoms with Crippen LogP contribution in [0.15, 0.2) is 29.2 Å². The molecule has 2 heterocycles. The number of nitrogens with one attached hydrogen (secondary N) is 1. The van der Waals surface area contributed by atoms with Gasteiger partial charge in [-0.3, -0.25) is 0 Å². The highest BCUT2D eigenvalue weighted by Gasteiger charge is 2.27. The Morgan fingerprint density at radius 3 is 3.10 bits per heavy atom. The monoisotopic (exact) mass is 304 g/mol. The van der Waals surface area contributed by atoms with Crippen LogP contribution in [0.2, 0.25) is 0 Å². The first kappa shape index (κ1) is 15.4. The molecule has 1 aromatic rings. The molecule has 2 aliphatic rings. The first-order valence-electron chi connectivity index (χ1n) is 8.45. The van der Waals surface area contributed by atoms with Crippen molar-refractivity contribution in [3.8, 4) is 0 Å². The Morgan fingerprint density at radius 2 is 2.24 bits per heavy atom. The standard InChI is InChI=1S/C18H28N2S/c1-3-14(2)17-12-20(10-6-9-19-17)11-15-13-21-18-8-5-4-7-16(15)18/h4-5,7-8,14-15,17,19H,3,6,9-13H2,1-2H3. The van der Waals surface area contributed by atoms with Gasteiger partial charge in [-0.2, -0.15) is 0 Å². The molecule has 1 fully saturated rings. The Hall–Kier alpha value is -0.510. The van der Waals surface area contributed by atoms with Crippen LogP contribution < -0.4 is 5.32 Å². The molecule has 0 amide bonds. The van der Waals surface area contributed by atoms with Crippen LogP contribution in [0, 0.1) is 5.92 Å². The number of benzene rings is 1. The molecule has 2 aliphatic heterocycles. The van der Waals surface area contributed by atoms with Gasteiger partial charge >= 0.3 is 0 Å². The smallest absolute Gasteiger partial charge is 0.0220 e. The Morgan fingerprint density at radius 1 is 1.38 bits per heavy atom. The minimum absolute atomic E-state index is 0.668. The van der Waals surface area contributed by atoms with Gasteiger partial charge in [0, 0.05) is 35.7 Å². The van der Waals surface area contributed by atoms with Gasteiger partial charge in [-0.1, -0.05) is 38.5 Å². The summed E-state index contributed by atoms with van der Waals surface area (Å²) in [6, 6.07) is 9.66. The maximum atomic E-state index is 3.76. The molecule has 3 unspecified atom stereocenters. The lowest BCUT2D eigenvalue weighted by Crippen LogP contribution is -2.43. The van der Waals surface area contributed by atoms with Gasteiger partial charge in [0.1, 0.15) is 0 Å². The van der Waals surface area contributed by atoms with E-state index in [9.17, 15) is 0 Å². The summed E-state index contributed by atoms with van der Waals surface area (Å²) in [4.78, 5) is 4.22. The van der Waals surface area contributed by atoms with Crippen LogP contribution in [-0.2, 0) is 0 Å². The Kier molecular flexibility index (Phi) is 5.25. The second-order valence-corrected chi connectivity index (χ2v) is 7.67. The molecule has 1 N–H and O–H groups in total. The molecule has 3 rings (SSSR count). The van der Waals surface area contributed by atoms with Crippen molar-refractivity contribution in [2.24, 2.45) is 5.92 Å². The summed E-state index contributed by atoms with van der Waals surface area (Å²) in [6.07, 6.45) is 2.56. The fraction of sp³-hybridized carbons (Fsp3) is 0.667. The molecular weight excluding hydrogens is 276 g/mol. The summed E-state index contributed by atoms with van der Waals surface area (Å²) in [5, 5.41) is 3.76. The Labute approximate surface area is 133 Å². The van der Waals surface area contributed by atoms with Gasteiger partial charge in [-0.25, -0.2) is 0 Å². The molecule has 0 radical (unpaired) electrons. The molecule has 3 heteroatoms. The average molecular weight is 305 g/mol. The van der Waals surface area contributed by atoms with Crippen molar-refractivity contribution in [2.75, 3.05) is 31.9 Å². The van der Waals surface area contributed by atoms with Crippen molar-refractivity contribution < 1.29 is 0 Å². The zero-order chi connectivity index (χ0) is 14.7. The van der Waals surface area contributed by atoms with Crippen LogP contribution in [-0.4, -0.2) is 42.9 Å². The first-order valence-corrected chi connectivity index (χ1v) is 9.44. The van der Waals surface area contributed by atoms with E-state index in [2.05, 4.69) is 48.3 Å². The maximum Gasteiger partial charge on any atom is 0.0220 e. The van der Waals surface area contributed by atoms with E-state index in [-0.39, 0.29) is 0 Å². The predicted molar refractivity (Wildman–Crippen MR) is 92.2 cm³/mol. The van der Waals surface area contributed by atoms with Crippen molar-refractivity contribution >= 4 is 11.8 Å². The third-order valence-electron chi connectivity index (χ3n) is 5.12. The number of nitrogens with zero attached hydrogens (tertiary/aromatic N) is 1. The highest BCUT2D eigenvalue weighted by molar-refractivity contribution is 7.99. The Bertz CT molecular complexity index is 462. The van der Waals surface area contributed by atoms with Crippen LogP contribution in [0.5, 0.6) is 0 Å². The molecule has 0 bridgehead atoms. The molecule has 0 aromatic heterocycles. The summed E-state index contributed by atoms with van der Waals surface area (Å²) in [7, 11) is 0. The van der Waals surface area contributed by atoms with E-state index in [0.717, 1.165) is 11.8 Å². The highest BCUT2D eigenvalue weighted by Crippen LogP contribution is 2.39. The van der Waals surface area contributed by atoms with Crippen molar-refractivity contribution in [1.29, 1.82) is 0 Å². The van der Waals surface area contributed by atoms with Gasteiger partial charge in [-0.05, 0) is 37.1 Å². The van der Waals surface area contributed by atoms with Crippen LogP contribution in [0.25, 0.3) is 0 Å². The largest absolute Gasteiger partial charge is 0.312 e. The fourth-order valence-corrected chi connectivity index (χ4v) is 4.79. The topological polar surface area (TPSA) is 15.3 Å². The van der Waals surface area contributed by atoms with Crippen molar-refractivity contribution in [3.05, 3.63) is 29.8 Å². The zero-order valence-corrected chi connectivity index (χ0v) is 14.2. The van der Waals surface area contributed by atoms with E-state index < -0.39 is 0 Å². The second-order valence-electron chi connectivity index (χ2n) is 6.61. The van der Waals surface area contributed by atoms with Crippen LogP contribution in [0.3, 0.4) is 0 Å². The second kappa shape index (κ2) is 7.17. The molecule has 0 aliphatic carbocycles. The number of rotatable bonds is 4. The van der Waals surface area contributed by atoms with Crippen LogP contribution in [0.1, 0.15) is 38.2 Å². The van der Waals surface area contributed by atoms with Crippen LogP contribution in [0.4, 0.5) is 0 Å². The first-order chi connectivity index (χ1) is 10.3. The SMILES string of the molecule is CCC(C)C1CN(CC2CSc3ccccc32)CCCN1. The minimum atomic E-state index is 0.668. The van der Waals surface area contributed by atoms with E-state index in [0.29, 0.717) is 6.04 Å². The number of thioether (sulfide) groups is 1. The minimum Gasteiger partial charge on any atom is -0.312 e. The molecular formula is C18H28N2S. The summed E-state index contributed by atoms with van der Waals surface area (Å²) >= 11 is 2.04. The lowest BCUT2D eigenvalue weighted by molar-refractivity contribution is 0.230. The molecule has 116 valence electrons. The zero-order valence-electron chi connectivity index (χ0n) is 13.3. The maximum absolute atomic E-state index is 3.76. The van der Waals surface area contributed by atoms with Crippen LogP contribution >= 0.6 is 11.8 Å². The average Bonchev–Trinajstić information content (AvgIpc) is 2.77. The van der Waals surface area contributed by atoms with Crippen molar-refractivity contribution in [2.45, 2.75) is 43.5 Å². The molecule has 2 nitrogen and oxygen atoms in total. The third-order valence-corrected chi connectivity index (χ3v) is 6.37. The van der Waals surface area contributed by atoms with E-state index in [1.165, 1.54) is 49.7 Å². The predicted octanol–water partition coefficient (Wildman–Crippen LogP) is 3.59. The third kappa shape index (κ3) is 3.64.